The summed E-state index contributed by atoms with van der Waals surface area (Å²) in [5, 5.41) is 4.43. The van der Waals surface area contributed by atoms with Gasteiger partial charge in [-0.05, 0) is 59.6 Å². The quantitative estimate of drug-likeness (QED) is 0.708. The highest BCUT2D eigenvalue weighted by Crippen LogP contribution is 2.45. The average Bonchev–Trinajstić information content (AvgIpc) is 3.39. The molecule has 4 nitrogen and oxygen atoms in total. The van der Waals surface area contributed by atoms with Crippen molar-refractivity contribution in [2.75, 3.05) is 24.5 Å². The molecule has 26 heavy (non-hydrogen) atoms. The summed E-state index contributed by atoms with van der Waals surface area (Å²) in [5.74, 6) is 0. The van der Waals surface area contributed by atoms with Gasteiger partial charge in [0.15, 0.2) is 0 Å². The second-order valence-electron chi connectivity index (χ2n) is 7.42. The Bertz CT molecular complexity index is 880. The van der Waals surface area contributed by atoms with E-state index >= 15 is 0 Å². The topological polar surface area (TPSA) is 32.3 Å². The highest BCUT2D eigenvalue weighted by molar-refractivity contribution is 7.07. The Labute approximate surface area is 158 Å². The van der Waals surface area contributed by atoms with Gasteiger partial charge in [-0.3, -0.25) is 14.9 Å². The van der Waals surface area contributed by atoms with E-state index in [2.05, 4.69) is 55.9 Å². The lowest BCUT2D eigenvalue weighted by Gasteiger charge is -2.25. The summed E-state index contributed by atoms with van der Waals surface area (Å²) >= 11 is 1.78. The lowest BCUT2D eigenvalue weighted by molar-refractivity contribution is 0.305. The highest BCUT2D eigenvalue weighted by atomic mass is 32.1. The number of anilines is 1. The molecule has 3 aromatic rings. The van der Waals surface area contributed by atoms with Gasteiger partial charge in [0.1, 0.15) is 0 Å². The van der Waals surface area contributed by atoms with Crippen molar-refractivity contribution in [3.63, 3.8) is 0 Å². The van der Waals surface area contributed by atoms with Crippen LogP contribution >= 0.6 is 11.3 Å². The van der Waals surface area contributed by atoms with Crippen molar-refractivity contribution in [3.05, 3.63) is 76.5 Å². The lowest BCUT2D eigenvalue weighted by atomic mass is 9.85. The van der Waals surface area contributed by atoms with Crippen molar-refractivity contribution < 1.29 is 0 Å². The van der Waals surface area contributed by atoms with E-state index in [0.29, 0.717) is 0 Å². The number of likely N-dealkylation sites (tertiary alicyclic amines) is 1. The Morgan fingerprint density at radius 2 is 1.96 bits per heavy atom. The smallest absolute Gasteiger partial charge is 0.0729 e. The van der Waals surface area contributed by atoms with Crippen LogP contribution in [0.15, 0.2) is 59.6 Å². The van der Waals surface area contributed by atoms with Gasteiger partial charge in [0.25, 0.3) is 0 Å². The first-order valence-electron chi connectivity index (χ1n) is 9.16. The zero-order valence-corrected chi connectivity index (χ0v) is 15.5. The van der Waals surface area contributed by atoms with Crippen LogP contribution < -0.4 is 4.90 Å². The number of pyridine rings is 2. The number of aromatic nitrogens is 2. The molecule has 0 aromatic carbocycles. The molecule has 1 atom stereocenters. The Kier molecular flexibility index (Phi) is 3.98. The van der Waals surface area contributed by atoms with Gasteiger partial charge in [-0.25, -0.2) is 0 Å². The number of thiophene rings is 1. The van der Waals surface area contributed by atoms with Crippen LogP contribution in [0.2, 0.25) is 0 Å². The molecule has 0 aliphatic carbocycles. The summed E-state index contributed by atoms with van der Waals surface area (Å²) in [7, 11) is 0. The molecule has 2 aliphatic rings. The molecule has 0 N–H and O–H groups in total. The van der Waals surface area contributed by atoms with Crippen LogP contribution in [0.25, 0.3) is 0 Å². The third kappa shape index (κ3) is 2.81. The van der Waals surface area contributed by atoms with E-state index < -0.39 is 0 Å². The van der Waals surface area contributed by atoms with Crippen LogP contribution in [-0.2, 0) is 18.5 Å². The van der Waals surface area contributed by atoms with Gasteiger partial charge in [-0.2, -0.15) is 11.3 Å². The van der Waals surface area contributed by atoms with Crippen molar-refractivity contribution >= 4 is 17.0 Å². The predicted octanol–water partition coefficient (Wildman–Crippen LogP) is 3.70. The van der Waals surface area contributed by atoms with Gasteiger partial charge in [0, 0.05) is 37.4 Å². The van der Waals surface area contributed by atoms with Gasteiger partial charge in [-0.1, -0.05) is 6.07 Å². The van der Waals surface area contributed by atoms with Crippen LogP contribution in [0.4, 0.5) is 5.69 Å². The first-order chi connectivity index (χ1) is 12.8. The summed E-state index contributed by atoms with van der Waals surface area (Å²) in [4.78, 5) is 14.4. The molecule has 1 fully saturated rings. The van der Waals surface area contributed by atoms with Gasteiger partial charge < -0.3 is 4.90 Å². The Hall–Kier alpha value is -2.24. The average molecular weight is 363 g/mol. The maximum atomic E-state index is 4.83. The molecular weight excluding hydrogens is 340 g/mol. The molecule has 0 amide bonds. The fourth-order valence-electron chi connectivity index (χ4n) is 4.47. The molecule has 5 heteroatoms. The molecule has 0 radical (unpaired) electrons. The monoisotopic (exact) mass is 362 g/mol. The summed E-state index contributed by atoms with van der Waals surface area (Å²) in [6, 6.07) is 12.7. The molecule has 2 aliphatic heterocycles. The Morgan fingerprint density at radius 3 is 2.81 bits per heavy atom. The van der Waals surface area contributed by atoms with Crippen molar-refractivity contribution in [2.45, 2.75) is 24.9 Å². The van der Waals surface area contributed by atoms with Gasteiger partial charge in [-0.15, -0.1) is 0 Å². The first-order valence-corrected chi connectivity index (χ1v) is 10.1. The molecule has 132 valence electrons. The SMILES string of the molecule is c1ccc(CN2C[C@@]3(CCN(Cc4ccsc4)C3)c3ncccc32)nc1. The van der Waals surface area contributed by atoms with Gasteiger partial charge in [0.05, 0.1) is 23.6 Å². The Morgan fingerprint density at radius 1 is 1.00 bits per heavy atom. The van der Waals surface area contributed by atoms with Crippen LogP contribution in [0.1, 0.15) is 23.4 Å². The maximum absolute atomic E-state index is 4.83. The zero-order chi connectivity index (χ0) is 17.4. The van der Waals surface area contributed by atoms with E-state index in [0.717, 1.165) is 38.4 Å². The summed E-state index contributed by atoms with van der Waals surface area (Å²) in [6.07, 6.45) is 5.01. The largest absolute Gasteiger partial charge is 0.363 e. The van der Waals surface area contributed by atoms with Crippen LogP contribution in [0.5, 0.6) is 0 Å². The van der Waals surface area contributed by atoms with E-state index in [-0.39, 0.29) is 5.41 Å². The summed E-state index contributed by atoms with van der Waals surface area (Å²) in [6.45, 7) is 5.17. The number of nitrogens with zero attached hydrogens (tertiary/aromatic N) is 4. The number of fused-ring (bicyclic) bond motifs is 2. The number of hydrogen-bond acceptors (Lipinski definition) is 5. The van der Waals surface area contributed by atoms with Crippen molar-refractivity contribution in [2.24, 2.45) is 0 Å². The van der Waals surface area contributed by atoms with Crippen LogP contribution in [0.3, 0.4) is 0 Å². The van der Waals surface area contributed by atoms with Gasteiger partial charge in [0.2, 0.25) is 0 Å². The van der Waals surface area contributed by atoms with E-state index in [9.17, 15) is 0 Å². The van der Waals surface area contributed by atoms with E-state index in [1.165, 1.54) is 23.4 Å². The third-order valence-corrected chi connectivity index (χ3v) is 6.35. The predicted molar refractivity (Wildman–Crippen MR) is 105 cm³/mol. The second-order valence-corrected chi connectivity index (χ2v) is 8.20. The minimum atomic E-state index is 0.154. The van der Waals surface area contributed by atoms with E-state index in [1.54, 1.807) is 11.3 Å². The molecule has 0 unspecified atom stereocenters. The van der Waals surface area contributed by atoms with Crippen LogP contribution in [0, 0.1) is 0 Å². The summed E-state index contributed by atoms with van der Waals surface area (Å²) in [5.41, 5.74) is 5.27. The third-order valence-electron chi connectivity index (χ3n) is 5.62. The van der Waals surface area contributed by atoms with Crippen molar-refractivity contribution in [3.8, 4) is 0 Å². The van der Waals surface area contributed by atoms with E-state index in [4.69, 9.17) is 4.98 Å². The lowest BCUT2D eigenvalue weighted by Crippen LogP contribution is -2.36. The molecule has 1 spiro atoms. The molecule has 3 aromatic heterocycles. The fraction of sp³-hybridized carbons (Fsp3) is 0.333. The standard InChI is InChI=1S/C21H22N4S/c1-2-8-22-18(4-1)13-25-16-21(20-19(25)5-3-9-23-20)7-10-24(15-21)12-17-6-11-26-14-17/h1-6,8-9,11,14H,7,10,12-13,15-16H2/t21-/m0/s1. The molecule has 5 heterocycles. The van der Waals surface area contributed by atoms with Gasteiger partial charge >= 0.3 is 0 Å². The zero-order valence-electron chi connectivity index (χ0n) is 14.7. The van der Waals surface area contributed by atoms with Crippen LogP contribution in [-0.4, -0.2) is 34.5 Å². The molecular formula is C21H22N4S. The minimum Gasteiger partial charge on any atom is -0.363 e. The normalized spacial score (nSPS) is 22.2. The first kappa shape index (κ1) is 16.0. The molecule has 0 saturated carbocycles. The number of rotatable bonds is 4. The fourth-order valence-corrected chi connectivity index (χ4v) is 5.13. The highest BCUT2D eigenvalue weighted by Gasteiger charge is 2.48. The minimum absolute atomic E-state index is 0.154. The van der Waals surface area contributed by atoms with Crippen molar-refractivity contribution in [1.29, 1.82) is 0 Å². The Balaban J connectivity index is 1.40. The summed E-state index contributed by atoms with van der Waals surface area (Å²) < 4.78 is 0. The molecule has 1 saturated heterocycles. The van der Waals surface area contributed by atoms with E-state index in [1.807, 2.05) is 18.5 Å². The number of hydrogen-bond donors (Lipinski definition) is 0. The molecule has 0 bridgehead atoms. The maximum Gasteiger partial charge on any atom is 0.0729 e. The molecule has 5 rings (SSSR count). The van der Waals surface area contributed by atoms with Crippen molar-refractivity contribution in [1.82, 2.24) is 14.9 Å². The second kappa shape index (κ2) is 6.49.